The summed E-state index contributed by atoms with van der Waals surface area (Å²) < 4.78 is 0. The van der Waals surface area contributed by atoms with E-state index in [1.54, 1.807) is 0 Å². The Kier molecular flexibility index (Phi) is 6.50. The summed E-state index contributed by atoms with van der Waals surface area (Å²) in [6.07, 6.45) is 0. The molecule has 0 aromatic carbocycles. The lowest BCUT2D eigenvalue weighted by atomic mass is 10.3. The van der Waals surface area contributed by atoms with Crippen LogP contribution in [-0.4, -0.2) is 51.6 Å². The van der Waals surface area contributed by atoms with Crippen LogP contribution in [0.4, 0.5) is 0 Å². The van der Waals surface area contributed by atoms with Gasteiger partial charge in [0.25, 0.3) is 0 Å². The molecule has 92 valence electrons. The van der Waals surface area contributed by atoms with Crippen LogP contribution < -0.4 is 11.1 Å². The van der Waals surface area contributed by atoms with E-state index in [1.165, 1.54) is 6.92 Å². The van der Waals surface area contributed by atoms with Crippen LogP contribution in [0.1, 0.15) is 6.92 Å². The highest BCUT2D eigenvalue weighted by molar-refractivity contribution is 7.99. The summed E-state index contributed by atoms with van der Waals surface area (Å²) in [6, 6.07) is -2.06. The molecule has 0 spiro atoms. The number of rotatable bonds is 7. The van der Waals surface area contributed by atoms with Gasteiger partial charge >= 0.3 is 11.9 Å². The summed E-state index contributed by atoms with van der Waals surface area (Å²) >= 11 is 1.07. The van der Waals surface area contributed by atoms with Gasteiger partial charge in [-0.25, -0.2) is 4.79 Å². The topological polar surface area (TPSA) is 130 Å². The highest BCUT2D eigenvalue weighted by Gasteiger charge is 2.19. The zero-order valence-corrected chi connectivity index (χ0v) is 9.49. The van der Waals surface area contributed by atoms with Crippen LogP contribution in [0.15, 0.2) is 0 Å². The maximum Gasteiger partial charge on any atom is 0.327 e. The van der Waals surface area contributed by atoms with E-state index in [0.717, 1.165) is 11.8 Å². The van der Waals surface area contributed by atoms with Gasteiger partial charge in [0, 0.05) is 18.4 Å². The molecule has 0 aliphatic carbocycles. The lowest BCUT2D eigenvalue weighted by Crippen LogP contribution is -2.42. The van der Waals surface area contributed by atoms with Crippen molar-refractivity contribution in [1.29, 1.82) is 0 Å². The van der Waals surface area contributed by atoms with Crippen molar-refractivity contribution in [1.82, 2.24) is 5.32 Å². The van der Waals surface area contributed by atoms with Crippen LogP contribution in [0.3, 0.4) is 0 Å². The van der Waals surface area contributed by atoms with Crippen LogP contribution in [-0.2, 0) is 14.4 Å². The van der Waals surface area contributed by atoms with E-state index in [2.05, 4.69) is 5.32 Å². The Morgan fingerprint density at radius 3 is 2.19 bits per heavy atom. The molecule has 8 heteroatoms. The smallest absolute Gasteiger partial charge is 0.327 e. The highest BCUT2D eigenvalue weighted by Crippen LogP contribution is 2.05. The summed E-state index contributed by atoms with van der Waals surface area (Å²) in [5.41, 5.74) is 5.22. The number of carbonyl (C=O) groups is 3. The first-order valence-corrected chi connectivity index (χ1v) is 5.56. The van der Waals surface area contributed by atoms with Gasteiger partial charge < -0.3 is 21.3 Å². The number of carboxylic acid groups (broad SMARTS) is 2. The van der Waals surface area contributed by atoms with Gasteiger partial charge in [-0.05, 0) is 0 Å². The van der Waals surface area contributed by atoms with E-state index >= 15 is 0 Å². The molecule has 0 bridgehead atoms. The molecule has 0 aliphatic heterocycles. The Balaban J connectivity index is 3.99. The fourth-order valence-corrected chi connectivity index (χ4v) is 1.80. The van der Waals surface area contributed by atoms with Gasteiger partial charge in [0.1, 0.15) is 12.1 Å². The van der Waals surface area contributed by atoms with Gasteiger partial charge in [-0.3, -0.25) is 9.59 Å². The SMILES string of the molecule is CC(=O)NC(CSCC(N)C(=O)O)C(=O)O. The van der Waals surface area contributed by atoms with Crippen LogP contribution in [0, 0.1) is 0 Å². The molecule has 0 fully saturated rings. The van der Waals surface area contributed by atoms with Crippen LogP contribution in [0.5, 0.6) is 0 Å². The van der Waals surface area contributed by atoms with E-state index in [-0.39, 0.29) is 11.5 Å². The third kappa shape index (κ3) is 6.25. The first-order chi connectivity index (χ1) is 7.34. The van der Waals surface area contributed by atoms with Crippen LogP contribution in [0.2, 0.25) is 0 Å². The van der Waals surface area contributed by atoms with Crippen molar-refractivity contribution in [2.75, 3.05) is 11.5 Å². The summed E-state index contributed by atoms with van der Waals surface area (Å²) in [5.74, 6) is -2.57. The Hall–Kier alpha value is -1.28. The van der Waals surface area contributed by atoms with E-state index in [9.17, 15) is 14.4 Å². The normalized spacial score (nSPS) is 13.9. The number of hydrogen-bond donors (Lipinski definition) is 4. The largest absolute Gasteiger partial charge is 0.480 e. The Bertz CT molecular complexity index is 284. The Morgan fingerprint density at radius 1 is 1.25 bits per heavy atom. The van der Waals surface area contributed by atoms with Crippen LogP contribution in [0.25, 0.3) is 0 Å². The van der Waals surface area contributed by atoms with Gasteiger partial charge in [0.2, 0.25) is 5.91 Å². The second-order valence-corrected chi connectivity index (χ2v) is 4.15. The fraction of sp³-hybridized carbons (Fsp3) is 0.625. The molecule has 0 saturated heterocycles. The zero-order chi connectivity index (χ0) is 12.7. The minimum Gasteiger partial charge on any atom is -0.480 e. The van der Waals surface area contributed by atoms with E-state index in [1.807, 2.05) is 0 Å². The number of amides is 1. The van der Waals surface area contributed by atoms with Crippen molar-refractivity contribution in [2.45, 2.75) is 19.0 Å². The molecule has 0 radical (unpaired) electrons. The molecule has 0 aliphatic rings. The average molecular weight is 250 g/mol. The van der Waals surface area contributed by atoms with Crippen molar-refractivity contribution < 1.29 is 24.6 Å². The highest BCUT2D eigenvalue weighted by atomic mass is 32.2. The summed E-state index contributed by atoms with van der Waals surface area (Å²) in [6.45, 7) is 1.21. The number of aliphatic carboxylic acids is 2. The van der Waals surface area contributed by atoms with Crippen molar-refractivity contribution in [2.24, 2.45) is 5.73 Å². The molecular weight excluding hydrogens is 236 g/mol. The van der Waals surface area contributed by atoms with Gasteiger partial charge in [0.05, 0.1) is 0 Å². The predicted octanol–water partition coefficient (Wildman–Crippen LogP) is -1.28. The maximum absolute atomic E-state index is 10.7. The summed E-state index contributed by atoms with van der Waals surface area (Å²) in [4.78, 5) is 31.7. The Labute approximate surface area is 96.4 Å². The molecule has 1 amide bonds. The molecular formula is C8H14N2O5S. The molecule has 0 aromatic rings. The summed E-state index contributed by atoms with van der Waals surface area (Å²) in [5, 5.41) is 19.4. The van der Waals surface area contributed by atoms with E-state index in [4.69, 9.17) is 15.9 Å². The molecule has 0 saturated carbocycles. The number of carboxylic acids is 2. The lowest BCUT2D eigenvalue weighted by Gasteiger charge is -2.13. The number of hydrogen-bond acceptors (Lipinski definition) is 5. The molecule has 0 rings (SSSR count). The molecule has 16 heavy (non-hydrogen) atoms. The van der Waals surface area contributed by atoms with Gasteiger partial charge in [-0.1, -0.05) is 0 Å². The number of thioether (sulfide) groups is 1. The maximum atomic E-state index is 10.7. The van der Waals surface area contributed by atoms with Crippen LogP contribution >= 0.6 is 11.8 Å². The quantitative estimate of drug-likeness (QED) is 0.442. The third-order valence-electron chi connectivity index (χ3n) is 1.57. The predicted molar refractivity (Wildman–Crippen MR) is 58.2 cm³/mol. The van der Waals surface area contributed by atoms with Crippen molar-refractivity contribution in [3.63, 3.8) is 0 Å². The summed E-state index contributed by atoms with van der Waals surface area (Å²) in [7, 11) is 0. The average Bonchev–Trinajstić information content (AvgIpc) is 2.14. The van der Waals surface area contributed by atoms with Crippen molar-refractivity contribution in [3.8, 4) is 0 Å². The monoisotopic (exact) mass is 250 g/mol. The minimum atomic E-state index is -1.16. The van der Waals surface area contributed by atoms with Crippen molar-refractivity contribution >= 4 is 29.6 Å². The standard InChI is InChI=1S/C8H14N2O5S/c1-4(11)10-6(8(14)15)3-16-2-5(9)7(12)13/h5-6H,2-3,9H2,1H3,(H,10,11)(H,12,13)(H,14,15). The number of nitrogens with one attached hydrogen (secondary N) is 1. The first kappa shape index (κ1) is 14.7. The molecule has 2 atom stereocenters. The van der Waals surface area contributed by atoms with Gasteiger partial charge in [-0.15, -0.1) is 0 Å². The molecule has 5 N–H and O–H groups in total. The second-order valence-electron chi connectivity index (χ2n) is 3.07. The molecule has 0 aromatic heterocycles. The molecule has 0 heterocycles. The fourth-order valence-electron chi connectivity index (χ4n) is 0.804. The second kappa shape index (κ2) is 7.07. The molecule has 2 unspecified atom stereocenters. The van der Waals surface area contributed by atoms with Gasteiger partial charge in [-0.2, -0.15) is 11.8 Å². The van der Waals surface area contributed by atoms with Crippen molar-refractivity contribution in [3.05, 3.63) is 0 Å². The number of carbonyl (C=O) groups excluding carboxylic acids is 1. The Morgan fingerprint density at radius 2 is 1.81 bits per heavy atom. The van der Waals surface area contributed by atoms with E-state index in [0.29, 0.717) is 0 Å². The minimum absolute atomic E-state index is 0.0793. The molecule has 7 nitrogen and oxygen atoms in total. The third-order valence-corrected chi connectivity index (χ3v) is 2.74. The first-order valence-electron chi connectivity index (χ1n) is 4.40. The number of nitrogens with two attached hydrogens (primary N) is 1. The lowest BCUT2D eigenvalue weighted by molar-refractivity contribution is -0.140. The zero-order valence-electron chi connectivity index (χ0n) is 8.67. The van der Waals surface area contributed by atoms with Gasteiger partial charge in [0.15, 0.2) is 0 Å². The van der Waals surface area contributed by atoms with E-state index < -0.39 is 29.9 Å².